The fourth-order valence-electron chi connectivity index (χ4n) is 2.15. The number of halogens is 2. The average molecular weight is 427 g/mol. The van der Waals surface area contributed by atoms with Gasteiger partial charge in [-0.05, 0) is 58.2 Å². The Morgan fingerprint density at radius 3 is 2.45 bits per heavy atom. The number of carbonyl (C=O) groups is 2. The summed E-state index contributed by atoms with van der Waals surface area (Å²) in [5.74, 6) is -1.30. The molecule has 2 aromatic carbocycles. The summed E-state index contributed by atoms with van der Waals surface area (Å²) in [6.07, 6.45) is 0.513. The van der Waals surface area contributed by atoms with Gasteiger partial charge in [0.2, 0.25) is 0 Å². The molecule has 0 aromatic heterocycles. The summed E-state index contributed by atoms with van der Waals surface area (Å²) in [5, 5.41) is 12.0. The van der Waals surface area contributed by atoms with Crippen molar-refractivity contribution in [2.45, 2.75) is 13.3 Å². The Bertz CT molecular complexity index is 744. The Balaban J connectivity index is 2.36. The first-order valence-corrected chi connectivity index (χ1v) is 8.14. The highest BCUT2D eigenvalue weighted by molar-refractivity contribution is 9.11. The Hall–Kier alpha value is -1.66. The molecule has 0 unspecified atom stereocenters. The van der Waals surface area contributed by atoms with E-state index >= 15 is 0 Å². The number of anilines is 1. The predicted molar refractivity (Wildman–Crippen MR) is 92.6 cm³/mol. The van der Waals surface area contributed by atoms with Gasteiger partial charge >= 0.3 is 5.97 Å². The van der Waals surface area contributed by atoms with E-state index in [1.165, 1.54) is 6.07 Å². The minimum absolute atomic E-state index is 0.204. The number of benzene rings is 2. The van der Waals surface area contributed by atoms with Gasteiger partial charge in [0.25, 0.3) is 5.91 Å². The van der Waals surface area contributed by atoms with Gasteiger partial charge in [-0.15, -0.1) is 0 Å². The second kappa shape index (κ2) is 7.07. The number of rotatable bonds is 4. The largest absolute Gasteiger partial charge is 0.478 e. The van der Waals surface area contributed by atoms with Gasteiger partial charge in [0.05, 0.1) is 11.1 Å². The molecule has 0 saturated heterocycles. The predicted octanol–water partition coefficient (Wildman–Crippen LogP) is 4.72. The number of aromatic carboxylic acids is 1. The molecule has 0 aliphatic carbocycles. The fourth-order valence-corrected chi connectivity index (χ4v) is 3.38. The van der Waals surface area contributed by atoms with Crippen LogP contribution in [0.3, 0.4) is 0 Å². The first-order valence-electron chi connectivity index (χ1n) is 6.55. The minimum atomic E-state index is -1.00. The van der Waals surface area contributed by atoms with Gasteiger partial charge in [0, 0.05) is 14.6 Å². The minimum Gasteiger partial charge on any atom is -0.478 e. The molecule has 1 amide bonds. The van der Waals surface area contributed by atoms with Crippen LogP contribution < -0.4 is 5.32 Å². The summed E-state index contributed by atoms with van der Waals surface area (Å²) >= 11 is 6.68. The highest BCUT2D eigenvalue weighted by Gasteiger charge is 2.16. The lowest BCUT2D eigenvalue weighted by atomic mass is 10.0. The number of carboxylic acid groups (broad SMARTS) is 1. The Kier molecular flexibility index (Phi) is 5.37. The summed E-state index contributed by atoms with van der Waals surface area (Å²) in [5.41, 5.74) is 1.81. The monoisotopic (exact) mass is 425 g/mol. The van der Waals surface area contributed by atoms with Crippen molar-refractivity contribution < 1.29 is 14.7 Å². The third-order valence-electron chi connectivity index (χ3n) is 3.18. The molecule has 22 heavy (non-hydrogen) atoms. The zero-order chi connectivity index (χ0) is 16.3. The van der Waals surface area contributed by atoms with E-state index in [1.54, 1.807) is 30.3 Å². The average Bonchev–Trinajstić information content (AvgIpc) is 2.46. The van der Waals surface area contributed by atoms with Crippen LogP contribution in [0.2, 0.25) is 0 Å². The third-order valence-corrected chi connectivity index (χ3v) is 4.33. The molecule has 0 fully saturated rings. The van der Waals surface area contributed by atoms with E-state index < -0.39 is 5.97 Å². The van der Waals surface area contributed by atoms with Gasteiger partial charge in [0.1, 0.15) is 0 Å². The molecule has 114 valence electrons. The second-order valence-corrected chi connectivity index (χ2v) is 6.34. The molecule has 0 radical (unpaired) electrons. The molecule has 2 aromatic rings. The van der Waals surface area contributed by atoms with Crippen LogP contribution in [0.15, 0.2) is 45.3 Å². The molecule has 0 bridgehead atoms. The summed E-state index contributed by atoms with van der Waals surface area (Å²) in [6, 6.07) is 10.1. The van der Waals surface area contributed by atoms with Crippen molar-refractivity contribution in [2.75, 3.05) is 5.32 Å². The molecule has 2 rings (SSSR count). The molecular weight excluding hydrogens is 414 g/mol. The molecule has 0 saturated carbocycles. The number of nitrogens with one attached hydrogen (secondary N) is 1. The smallest absolute Gasteiger partial charge is 0.336 e. The zero-order valence-electron chi connectivity index (χ0n) is 11.7. The zero-order valence-corrected chi connectivity index (χ0v) is 14.9. The molecule has 2 N–H and O–H groups in total. The van der Waals surface area contributed by atoms with Crippen LogP contribution in [0.25, 0.3) is 0 Å². The Morgan fingerprint density at radius 2 is 1.86 bits per heavy atom. The number of carboxylic acids is 1. The van der Waals surface area contributed by atoms with Gasteiger partial charge < -0.3 is 10.4 Å². The van der Waals surface area contributed by atoms with Crippen molar-refractivity contribution in [1.82, 2.24) is 0 Å². The van der Waals surface area contributed by atoms with E-state index in [1.807, 2.05) is 6.92 Å². The number of carbonyl (C=O) groups excluding carboxylic acids is 1. The lowest BCUT2D eigenvalue weighted by Gasteiger charge is -2.13. The molecule has 6 heteroatoms. The van der Waals surface area contributed by atoms with Gasteiger partial charge in [-0.3, -0.25) is 4.79 Å². The van der Waals surface area contributed by atoms with Crippen molar-refractivity contribution in [3.8, 4) is 0 Å². The van der Waals surface area contributed by atoms with Crippen LogP contribution in [0, 0.1) is 0 Å². The van der Waals surface area contributed by atoms with E-state index in [4.69, 9.17) is 0 Å². The van der Waals surface area contributed by atoms with Crippen LogP contribution in [-0.2, 0) is 6.42 Å². The Labute approximate surface area is 144 Å². The molecule has 4 nitrogen and oxygen atoms in total. The van der Waals surface area contributed by atoms with Crippen molar-refractivity contribution in [3.63, 3.8) is 0 Å². The van der Waals surface area contributed by atoms with E-state index in [9.17, 15) is 14.7 Å². The number of hydrogen-bond donors (Lipinski definition) is 2. The lowest BCUT2D eigenvalue weighted by molar-refractivity contribution is 0.0695. The van der Waals surface area contributed by atoms with Crippen molar-refractivity contribution in [1.29, 1.82) is 0 Å². The maximum atomic E-state index is 12.4. The first-order chi connectivity index (χ1) is 10.4. The fraction of sp³-hybridized carbons (Fsp3) is 0.125. The van der Waals surface area contributed by atoms with Crippen LogP contribution >= 0.6 is 31.9 Å². The molecule has 0 spiro atoms. The van der Waals surface area contributed by atoms with Crippen LogP contribution in [0.5, 0.6) is 0 Å². The standard InChI is InChI=1S/C16H13Br2NO3/c1-2-10-11(16(21)22)4-3-5-14(10)19-15(20)12-7-6-9(17)8-13(12)18/h3-8H,2H2,1H3,(H,19,20)(H,21,22). The first kappa shape index (κ1) is 16.7. The van der Waals surface area contributed by atoms with Crippen molar-refractivity contribution in [3.05, 3.63) is 62.0 Å². The van der Waals surface area contributed by atoms with Crippen LogP contribution in [-0.4, -0.2) is 17.0 Å². The molecule has 0 aliphatic heterocycles. The highest BCUT2D eigenvalue weighted by atomic mass is 79.9. The van der Waals surface area contributed by atoms with Gasteiger partial charge in [-0.2, -0.15) is 0 Å². The summed E-state index contributed by atoms with van der Waals surface area (Å²) < 4.78 is 1.52. The highest BCUT2D eigenvalue weighted by Crippen LogP contribution is 2.25. The lowest BCUT2D eigenvalue weighted by Crippen LogP contribution is -2.15. The maximum Gasteiger partial charge on any atom is 0.336 e. The van der Waals surface area contributed by atoms with E-state index in [0.29, 0.717) is 27.7 Å². The second-order valence-electron chi connectivity index (χ2n) is 4.57. The Morgan fingerprint density at radius 1 is 1.14 bits per heavy atom. The SMILES string of the molecule is CCc1c(NC(=O)c2ccc(Br)cc2Br)cccc1C(=O)O. The normalized spacial score (nSPS) is 10.3. The van der Waals surface area contributed by atoms with Gasteiger partial charge in [-0.25, -0.2) is 4.79 Å². The summed E-state index contributed by atoms with van der Waals surface area (Å²) in [7, 11) is 0. The number of amides is 1. The van der Waals surface area contributed by atoms with Crippen molar-refractivity contribution >= 4 is 49.4 Å². The van der Waals surface area contributed by atoms with Crippen molar-refractivity contribution in [2.24, 2.45) is 0 Å². The van der Waals surface area contributed by atoms with Gasteiger partial charge in [0.15, 0.2) is 0 Å². The maximum absolute atomic E-state index is 12.4. The van der Waals surface area contributed by atoms with Crippen LogP contribution in [0.4, 0.5) is 5.69 Å². The quantitative estimate of drug-likeness (QED) is 0.742. The summed E-state index contributed by atoms with van der Waals surface area (Å²) in [4.78, 5) is 23.6. The van der Waals surface area contributed by atoms with Crippen LogP contribution in [0.1, 0.15) is 33.2 Å². The molecule has 0 heterocycles. The topological polar surface area (TPSA) is 66.4 Å². The third kappa shape index (κ3) is 3.56. The van der Waals surface area contributed by atoms with Gasteiger partial charge in [-0.1, -0.05) is 28.9 Å². The summed E-state index contributed by atoms with van der Waals surface area (Å²) in [6.45, 7) is 1.85. The molecular formula is C16H13Br2NO3. The molecule has 0 aliphatic rings. The number of hydrogen-bond acceptors (Lipinski definition) is 2. The van der Waals surface area contributed by atoms with E-state index in [0.717, 1.165) is 4.47 Å². The van der Waals surface area contributed by atoms with E-state index in [-0.39, 0.29) is 11.5 Å². The van der Waals surface area contributed by atoms with E-state index in [2.05, 4.69) is 37.2 Å². The molecule has 0 atom stereocenters.